The van der Waals surface area contributed by atoms with Gasteiger partial charge in [-0.05, 0) is 57.6 Å². The number of thiazole rings is 1. The minimum Gasteiger partial charge on any atom is -0.462 e. The summed E-state index contributed by atoms with van der Waals surface area (Å²) in [5.74, 6) is -0.884. The van der Waals surface area contributed by atoms with Crippen molar-refractivity contribution >= 4 is 60.9 Å². The van der Waals surface area contributed by atoms with Crippen LogP contribution in [0.1, 0.15) is 19.8 Å². The largest absolute Gasteiger partial charge is 0.462 e. The van der Waals surface area contributed by atoms with Gasteiger partial charge in [-0.1, -0.05) is 29.5 Å². The number of piperazine rings is 1. The molecule has 2 N–H and O–H groups in total. The lowest BCUT2D eigenvalue weighted by atomic mass is 10.0. The maximum atomic E-state index is 16.6. The molecule has 13 heteroatoms. The van der Waals surface area contributed by atoms with Crippen molar-refractivity contribution in [2.24, 2.45) is 0 Å². The lowest BCUT2D eigenvalue weighted by molar-refractivity contribution is -0.126. The lowest BCUT2D eigenvalue weighted by Gasteiger charge is -2.40. The van der Waals surface area contributed by atoms with Gasteiger partial charge in [0.2, 0.25) is 5.91 Å². The fourth-order valence-corrected chi connectivity index (χ4v) is 6.90. The Labute approximate surface area is 250 Å². The zero-order valence-electron chi connectivity index (χ0n) is 23.2. The normalized spacial score (nSPS) is 19.6. The first-order chi connectivity index (χ1) is 20.2. The van der Waals surface area contributed by atoms with Gasteiger partial charge in [-0.2, -0.15) is 9.97 Å². The number of anilines is 2. The molecule has 4 aromatic rings. The van der Waals surface area contributed by atoms with E-state index < -0.39 is 11.6 Å². The predicted octanol–water partition coefficient (Wildman–Crippen LogP) is 5.12. The zero-order valence-corrected chi connectivity index (χ0v) is 24.8. The van der Waals surface area contributed by atoms with Crippen LogP contribution in [0.2, 0.25) is 5.02 Å². The number of likely N-dealkylation sites (tertiary alicyclic amines) is 1. The summed E-state index contributed by atoms with van der Waals surface area (Å²) in [5, 5.41) is 0.658. The number of fused-ring (bicyclic) bond motifs is 2. The maximum Gasteiger partial charge on any atom is 0.319 e. The van der Waals surface area contributed by atoms with Crippen molar-refractivity contribution in [3.63, 3.8) is 0 Å². The van der Waals surface area contributed by atoms with Gasteiger partial charge in [-0.3, -0.25) is 4.79 Å². The Morgan fingerprint density at radius 1 is 1.24 bits per heavy atom. The summed E-state index contributed by atoms with van der Waals surface area (Å²) in [5.41, 5.74) is 6.48. The predicted molar refractivity (Wildman–Crippen MR) is 162 cm³/mol. The van der Waals surface area contributed by atoms with Crippen molar-refractivity contribution in [3.05, 3.63) is 47.5 Å². The number of hydrogen-bond donors (Lipinski definition) is 1. The first-order valence-corrected chi connectivity index (χ1v) is 14.9. The smallest absolute Gasteiger partial charge is 0.319 e. The van der Waals surface area contributed by atoms with Gasteiger partial charge in [0, 0.05) is 48.2 Å². The quantitative estimate of drug-likeness (QED) is 0.299. The number of carbonyl (C=O) groups excluding carboxylic acids is 1. The molecule has 2 aliphatic rings. The summed E-state index contributed by atoms with van der Waals surface area (Å²) < 4.78 is 37.5. The van der Waals surface area contributed by atoms with E-state index in [1.807, 2.05) is 18.9 Å². The Balaban J connectivity index is 1.49. The first-order valence-electron chi connectivity index (χ1n) is 13.7. The standard InChI is InChI=1S/C29H30ClF2N7O2S/c1-4-21(40)38-10-11-39(15(2)13-38)27-18-12-19(30)22(17-7-8-20(31)26-25(17)34-28(33)42-26)23(32)24(18)35-29(36-27)41-14-16-6-5-9-37(16)3/h4,7-8,12,15-16H,1,5-6,9-11,13-14H2,2-3H3,(H2,33,34). The fraction of sp³-hybridized carbons (Fsp3) is 0.379. The first kappa shape index (κ1) is 28.5. The van der Waals surface area contributed by atoms with E-state index in [0.29, 0.717) is 43.0 Å². The summed E-state index contributed by atoms with van der Waals surface area (Å²) in [6.45, 7) is 8.23. The third-order valence-electron chi connectivity index (χ3n) is 8.09. The third-order valence-corrected chi connectivity index (χ3v) is 9.28. The van der Waals surface area contributed by atoms with E-state index in [1.165, 1.54) is 18.2 Å². The van der Waals surface area contributed by atoms with Crippen molar-refractivity contribution in [2.75, 3.05) is 50.5 Å². The SMILES string of the molecule is C=CC(=O)N1CCN(c2nc(OCC3CCCN3C)nc3c(F)c(-c4ccc(F)c5sc(N)nc45)c(Cl)cc23)C(C)C1. The van der Waals surface area contributed by atoms with Crippen LogP contribution >= 0.6 is 22.9 Å². The van der Waals surface area contributed by atoms with E-state index in [9.17, 15) is 9.18 Å². The van der Waals surface area contributed by atoms with Crippen LogP contribution in [0.4, 0.5) is 19.7 Å². The van der Waals surface area contributed by atoms with E-state index in [-0.39, 0.29) is 55.5 Å². The van der Waals surface area contributed by atoms with Crippen LogP contribution in [0, 0.1) is 11.6 Å². The van der Waals surface area contributed by atoms with Gasteiger partial charge in [0.15, 0.2) is 10.9 Å². The molecule has 0 saturated carbocycles. The lowest BCUT2D eigenvalue weighted by Crippen LogP contribution is -2.53. The van der Waals surface area contributed by atoms with Crippen molar-refractivity contribution in [2.45, 2.75) is 31.8 Å². The number of nitrogens with two attached hydrogens (primary N) is 1. The molecule has 42 heavy (non-hydrogen) atoms. The number of likely N-dealkylation sites (N-methyl/N-ethyl adjacent to an activating group) is 1. The molecular weight excluding hydrogens is 584 g/mol. The van der Waals surface area contributed by atoms with Crippen molar-refractivity contribution in [1.29, 1.82) is 0 Å². The highest BCUT2D eigenvalue weighted by atomic mass is 35.5. The number of amides is 1. The molecule has 0 radical (unpaired) electrons. The molecule has 6 rings (SSSR count). The second-order valence-corrected chi connectivity index (χ2v) is 12.2. The molecule has 220 valence electrons. The minimum atomic E-state index is -0.698. The highest BCUT2D eigenvalue weighted by Crippen LogP contribution is 2.43. The molecule has 2 atom stereocenters. The maximum absolute atomic E-state index is 16.6. The van der Waals surface area contributed by atoms with E-state index in [4.69, 9.17) is 27.1 Å². The Morgan fingerprint density at radius 3 is 2.76 bits per heavy atom. The Kier molecular flexibility index (Phi) is 7.62. The van der Waals surface area contributed by atoms with Crippen LogP contribution < -0.4 is 15.4 Å². The molecule has 4 heterocycles. The van der Waals surface area contributed by atoms with Gasteiger partial charge in [0.05, 0.1) is 15.2 Å². The number of ether oxygens (including phenoxy) is 1. The molecule has 2 fully saturated rings. The average molecular weight is 614 g/mol. The Bertz CT molecular complexity index is 1720. The van der Waals surface area contributed by atoms with Gasteiger partial charge in [-0.25, -0.2) is 13.8 Å². The molecule has 2 unspecified atom stereocenters. The third kappa shape index (κ3) is 5.01. The molecule has 9 nitrogen and oxygen atoms in total. The summed E-state index contributed by atoms with van der Waals surface area (Å²) >= 11 is 7.74. The number of benzene rings is 2. The van der Waals surface area contributed by atoms with Crippen LogP contribution in [0.5, 0.6) is 6.01 Å². The molecule has 2 aromatic carbocycles. The topological polar surface area (TPSA) is 101 Å². The van der Waals surface area contributed by atoms with Gasteiger partial charge in [-0.15, -0.1) is 0 Å². The zero-order chi connectivity index (χ0) is 29.7. The molecule has 0 spiro atoms. The van der Waals surface area contributed by atoms with E-state index in [2.05, 4.69) is 21.4 Å². The van der Waals surface area contributed by atoms with E-state index in [1.54, 1.807) is 11.0 Å². The van der Waals surface area contributed by atoms with Crippen molar-refractivity contribution < 1.29 is 18.3 Å². The Hall–Kier alpha value is -3.61. The highest BCUT2D eigenvalue weighted by molar-refractivity contribution is 7.22. The highest BCUT2D eigenvalue weighted by Gasteiger charge is 2.31. The number of carbonyl (C=O) groups is 1. The van der Waals surface area contributed by atoms with Gasteiger partial charge < -0.3 is 25.2 Å². The van der Waals surface area contributed by atoms with Crippen LogP contribution in [-0.2, 0) is 4.79 Å². The van der Waals surface area contributed by atoms with E-state index in [0.717, 1.165) is 30.7 Å². The number of halogens is 3. The summed E-state index contributed by atoms with van der Waals surface area (Å²) in [4.78, 5) is 31.8. The van der Waals surface area contributed by atoms with Crippen LogP contribution in [0.25, 0.3) is 32.2 Å². The molecular formula is C29H30ClF2N7O2S. The average Bonchev–Trinajstić information content (AvgIpc) is 3.57. The van der Waals surface area contributed by atoms with Gasteiger partial charge in [0.25, 0.3) is 0 Å². The molecule has 0 bridgehead atoms. The summed E-state index contributed by atoms with van der Waals surface area (Å²) in [6, 6.07) is 4.42. The molecule has 2 aromatic heterocycles. The Morgan fingerprint density at radius 2 is 2.05 bits per heavy atom. The van der Waals surface area contributed by atoms with Gasteiger partial charge in [0.1, 0.15) is 23.8 Å². The second kappa shape index (κ2) is 11.2. The second-order valence-electron chi connectivity index (χ2n) is 10.7. The monoisotopic (exact) mass is 613 g/mol. The summed E-state index contributed by atoms with van der Waals surface area (Å²) in [7, 11) is 2.04. The number of hydrogen-bond acceptors (Lipinski definition) is 9. The van der Waals surface area contributed by atoms with Crippen LogP contribution in [0.15, 0.2) is 30.9 Å². The number of nitrogen functional groups attached to an aromatic ring is 1. The minimum absolute atomic E-state index is 0.0200. The number of nitrogens with zero attached hydrogens (tertiary/aromatic N) is 6. The molecule has 2 aliphatic heterocycles. The van der Waals surface area contributed by atoms with Gasteiger partial charge >= 0.3 is 6.01 Å². The molecule has 1 amide bonds. The van der Waals surface area contributed by atoms with Crippen molar-refractivity contribution in [1.82, 2.24) is 24.8 Å². The number of rotatable bonds is 6. The van der Waals surface area contributed by atoms with Crippen LogP contribution in [0.3, 0.4) is 0 Å². The van der Waals surface area contributed by atoms with Crippen LogP contribution in [-0.4, -0.2) is 82.6 Å². The van der Waals surface area contributed by atoms with Crippen molar-refractivity contribution in [3.8, 4) is 17.1 Å². The van der Waals surface area contributed by atoms with E-state index >= 15 is 4.39 Å². The fourth-order valence-electron chi connectivity index (χ4n) is 5.85. The molecule has 2 saturated heterocycles. The molecule has 0 aliphatic carbocycles. The number of aromatic nitrogens is 3. The summed E-state index contributed by atoms with van der Waals surface area (Å²) in [6.07, 6.45) is 3.36.